The number of likely N-dealkylation sites (N-methyl/N-ethyl adjacent to an activating group) is 1. The fourth-order valence-electron chi connectivity index (χ4n) is 2.46. The molecule has 2 N–H and O–H groups in total. The molecule has 7 nitrogen and oxygen atoms in total. The van der Waals surface area contributed by atoms with E-state index in [1.165, 1.54) is 12.4 Å². The van der Waals surface area contributed by atoms with Gasteiger partial charge < -0.3 is 15.5 Å². The Morgan fingerprint density at radius 1 is 1.36 bits per heavy atom. The third kappa shape index (κ3) is 5.53. The smallest absolute Gasteiger partial charge is 0.191 e. The molecule has 2 aromatic rings. The van der Waals surface area contributed by atoms with Crippen LogP contribution in [0.4, 0.5) is 4.39 Å². The maximum atomic E-state index is 13.5. The van der Waals surface area contributed by atoms with E-state index in [4.69, 9.17) is 0 Å². The minimum Gasteiger partial charge on any atom is -0.357 e. The number of rotatable bonds is 7. The SMILES string of the molecule is CCNC(=NCc1ncnn1C)NCC(c1cccc(F)c1)N(C)C. The summed E-state index contributed by atoms with van der Waals surface area (Å²) >= 11 is 0. The average molecular weight is 347 g/mol. The zero-order valence-electron chi connectivity index (χ0n) is 15.2. The van der Waals surface area contributed by atoms with Crippen LogP contribution in [0.25, 0.3) is 0 Å². The number of aryl methyl sites for hydroxylation is 1. The molecule has 1 atom stereocenters. The highest BCUT2D eigenvalue weighted by Gasteiger charge is 2.15. The highest BCUT2D eigenvalue weighted by Crippen LogP contribution is 2.18. The van der Waals surface area contributed by atoms with Crippen molar-refractivity contribution in [2.24, 2.45) is 12.0 Å². The lowest BCUT2D eigenvalue weighted by Crippen LogP contribution is -2.41. The maximum Gasteiger partial charge on any atom is 0.191 e. The number of aromatic nitrogens is 3. The number of guanidine groups is 1. The summed E-state index contributed by atoms with van der Waals surface area (Å²) in [7, 11) is 5.78. The molecule has 1 unspecified atom stereocenters. The summed E-state index contributed by atoms with van der Waals surface area (Å²) in [6, 6.07) is 6.70. The fourth-order valence-corrected chi connectivity index (χ4v) is 2.46. The van der Waals surface area contributed by atoms with Gasteiger partial charge >= 0.3 is 0 Å². The normalized spacial score (nSPS) is 13.1. The van der Waals surface area contributed by atoms with Gasteiger partial charge in [0.1, 0.15) is 24.5 Å². The maximum absolute atomic E-state index is 13.5. The van der Waals surface area contributed by atoms with E-state index < -0.39 is 0 Å². The predicted molar refractivity (Wildman–Crippen MR) is 96.6 cm³/mol. The van der Waals surface area contributed by atoms with E-state index >= 15 is 0 Å². The minimum atomic E-state index is -0.229. The molecule has 8 heteroatoms. The van der Waals surface area contributed by atoms with Gasteiger partial charge in [-0.05, 0) is 38.7 Å². The number of halogens is 1. The molecule has 1 heterocycles. The molecule has 1 aromatic carbocycles. The zero-order valence-corrected chi connectivity index (χ0v) is 15.2. The van der Waals surface area contributed by atoms with Crippen molar-refractivity contribution in [1.29, 1.82) is 0 Å². The first-order valence-electron chi connectivity index (χ1n) is 8.28. The van der Waals surface area contributed by atoms with Crippen LogP contribution in [0, 0.1) is 5.82 Å². The quantitative estimate of drug-likeness (QED) is 0.584. The summed E-state index contributed by atoms with van der Waals surface area (Å²) in [6.45, 7) is 3.78. The summed E-state index contributed by atoms with van der Waals surface area (Å²) in [5, 5.41) is 10.6. The average Bonchev–Trinajstić information content (AvgIpc) is 2.97. The van der Waals surface area contributed by atoms with E-state index in [9.17, 15) is 4.39 Å². The molecule has 0 spiro atoms. The predicted octanol–water partition coefficient (Wildman–Crippen LogP) is 1.31. The van der Waals surface area contributed by atoms with E-state index in [0.29, 0.717) is 19.0 Å². The number of benzene rings is 1. The van der Waals surface area contributed by atoms with Gasteiger partial charge in [0.15, 0.2) is 5.96 Å². The van der Waals surface area contributed by atoms with Crippen molar-refractivity contribution in [1.82, 2.24) is 30.3 Å². The highest BCUT2D eigenvalue weighted by molar-refractivity contribution is 5.79. The molecule has 0 radical (unpaired) electrons. The third-order valence-corrected chi connectivity index (χ3v) is 3.85. The first kappa shape index (κ1) is 18.9. The molecule has 136 valence electrons. The Bertz CT molecular complexity index is 696. The largest absolute Gasteiger partial charge is 0.357 e. The molecule has 0 aliphatic carbocycles. The second-order valence-corrected chi connectivity index (χ2v) is 5.91. The first-order valence-corrected chi connectivity index (χ1v) is 8.28. The van der Waals surface area contributed by atoms with Gasteiger partial charge in [0, 0.05) is 20.1 Å². The van der Waals surface area contributed by atoms with Crippen molar-refractivity contribution in [3.8, 4) is 0 Å². The monoisotopic (exact) mass is 347 g/mol. The van der Waals surface area contributed by atoms with Gasteiger partial charge in [0.05, 0.1) is 6.04 Å². The summed E-state index contributed by atoms with van der Waals surface area (Å²) in [6.07, 6.45) is 1.51. The van der Waals surface area contributed by atoms with Gasteiger partial charge in [-0.3, -0.25) is 4.68 Å². The molecule has 0 aliphatic rings. The van der Waals surface area contributed by atoms with E-state index in [1.807, 2.05) is 39.0 Å². The van der Waals surface area contributed by atoms with Crippen LogP contribution >= 0.6 is 0 Å². The lowest BCUT2D eigenvalue weighted by atomic mass is 10.1. The van der Waals surface area contributed by atoms with Crippen molar-refractivity contribution in [3.63, 3.8) is 0 Å². The molecule has 0 amide bonds. The lowest BCUT2D eigenvalue weighted by Gasteiger charge is -2.26. The van der Waals surface area contributed by atoms with Crippen molar-refractivity contribution in [2.75, 3.05) is 27.2 Å². The Morgan fingerprint density at radius 3 is 2.76 bits per heavy atom. The van der Waals surface area contributed by atoms with Crippen LogP contribution < -0.4 is 10.6 Å². The Kier molecular flexibility index (Phi) is 6.88. The minimum absolute atomic E-state index is 0.0226. The van der Waals surface area contributed by atoms with Crippen molar-refractivity contribution in [2.45, 2.75) is 19.5 Å². The number of hydrogen-bond acceptors (Lipinski definition) is 4. The lowest BCUT2D eigenvalue weighted by molar-refractivity contribution is 0.297. The molecule has 0 bridgehead atoms. The number of aliphatic imine (C=N–C) groups is 1. The van der Waals surface area contributed by atoms with Gasteiger partial charge in [-0.2, -0.15) is 5.10 Å². The molecule has 25 heavy (non-hydrogen) atoms. The fraction of sp³-hybridized carbons (Fsp3) is 0.471. The first-order chi connectivity index (χ1) is 12.0. The standard InChI is InChI=1S/C17H26FN7/c1-5-19-17(21-11-16-22-12-23-25(16)4)20-10-15(24(2)3)13-7-6-8-14(18)9-13/h6-9,12,15H,5,10-11H2,1-4H3,(H2,19,20,21). The van der Waals surface area contributed by atoms with Gasteiger partial charge in [0.2, 0.25) is 0 Å². The van der Waals surface area contributed by atoms with Crippen molar-refractivity contribution < 1.29 is 4.39 Å². The van der Waals surface area contributed by atoms with Crippen molar-refractivity contribution >= 4 is 5.96 Å². The van der Waals surface area contributed by atoms with E-state index in [2.05, 4.69) is 25.7 Å². The van der Waals surface area contributed by atoms with Crippen LogP contribution in [0.3, 0.4) is 0 Å². The van der Waals surface area contributed by atoms with E-state index in [-0.39, 0.29) is 11.9 Å². The Hall–Kier alpha value is -2.48. The van der Waals surface area contributed by atoms with Gasteiger partial charge in [-0.1, -0.05) is 12.1 Å². The van der Waals surface area contributed by atoms with Crippen LogP contribution in [0.2, 0.25) is 0 Å². The molecule has 2 rings (SSSR count). The van der Waals surface area contributed by atoms with Gasteiger partial charge in [-0.25, -0.2) is 14.4 Å². The Labute approximate surface area is 148 Å². The van der Waals surface area contributed by atoms with Crippen LogP contribution in [-0.2, 0) is 13.6 Å². The topological polar surface area (TPSA) is 70.4 Å². The number of nitrogens with one attached hydrogen (secondary N) is 2. The van der Waals surface area contributed by atoms with E-state index in [0.717, 1.165) is 17.9 Å². The molecule has 0 saturated heterocycles. The molecule has 1 aromatic heterocycles. The zero-order chi connectivity index (χ0) is 18.2. The van der Waals surface area contributed by atoms with Crippen LogP contribution in [0.1, 0.15) is 24.4 Å². The number of hydrogen-bond donors (Lipinski definition) is 2. The molecular weight excluding hydrogens is 321 g/mol. The Morgan fingerprint density at radius 2 is 2.16 bits per heavy atom. The van der Waals surface area contributed by atoms with Crippen LogP contribution in [-0.4, -0.2) is 52.8 Å². The highest BCUT2D eigenvalue weighted by atomic mass is 19.1. The summed E-state index contributed by atoms with van der Waals surface area (Å²) in [4.78, 5) is 10.8. The summed E-state index contributed by atoms with van der Waals surface area (Å²) in [5.74, 6) is 1.24. The molecule has 0 aliphatic heterocycles. The Balaban J connectivity index is 2.05. The molecule has 0 fully saturated rings. The summed E-state index contributed by atoms with van der Waals surface area (Å²) in [5.41, 5.74) is 0.918. The number of nitrogens with zero attached hydrogens (tertiary/aromatic N) is 5. The third-order valence-electron chi connectivity index (χ3n) is 3.85. The second-order valence-electron chi connectivity index (χ2n) is 5.91. The molecular formula is C17H26FN7. The van der Waals surface area contributed by atoms with Crippen LogP contribution in [0.15, 0.2) is 35.6 Å². The molecule has 0 saturated carbocycles. The van der Waals surface area contributed by atoms with Crippen molar-refractivity contribution in [3.05, 3.63) is 47.8 Å². The summed E-state index contributed by atoms with van der Waals surface area (Å²) < 4.78 is 15.2. The van der Waals surface area contributed by atoms with Gasteiger partial charge in [-0.15, -0.1) is 0 Å². The van der Waals surface area contributed by atoms with Gasteiger partial charge in [0.25, 0.3) is 0 Å². The van der Waals surface area contributed by atoms with E-state index in [1.54, 1.807) is 16.8 Å². The van der Waals surface area contributed by atoms with Crippen LogP contribution in [0.5, 0.6) is 0 Å². The second kappa shape index (κ2) is 9.12.